The molecule has 1 saturated heterocycles. The molecule has 1 saturated carbocycles. The largest absolute Gasteiger partial charge is 0.340 e. The van der Waals surface area contributed by atoms with Gasteiger partial charge < -0.3 is 4.90 Å². The number of hydrogen-bond donors (Lipinski definition) is 0. The highest BCUT2D eigenvalue weighted by Gasteiger charge is 2.45. The summed E-state index contributed by atoms with van der Waals surface area (Å²) < 4.78 is 0. The molecule has 2 fully saturated rings. The highest BCUT2D eigenvalue weighted by Crippen LogP contribution is 2.45. The van der Waals surface area contributed by atoms with E-state index < -0.39 is 0 Å². The second-order valence-corrected chi connectivity index (χ2v) is 4.41. The quantitative estimate of drug-likeness (QED) is 0.765. The summed E-state index contributed by atoms with van der Waals surface area (Å²) in [5.74, 6) is 2.82. The molecule has 1 unspecified atom stereocenters. The molecule has 1 aromatic heterocycles. The van der Waals surface area contributed by atoms with Crippen molar-refractivity contribution in [1.29, 1.82) is 0 Å². The SMILES string of the molecule is CC.CCc1cnc(N2CC3C[C@@H]3C2)nc1. The van der Waals surface area contributed by atoms with Crippen LogP contribution in [0.25, 0.3) is 0 Å². The fourth-order valence-corrected chi connectivity index (χ4v) is 2.26. The predicted molar refractivity (Wildman–Crippen MR) is 66.6 cm³/mol. The molecule has 2 atom stereocenters. The van der Waals surface area contributed by atoms with Crippen LogP contribution >= 0.6 is 0 Å². The molecule has 3 nitrogen and oxygen atoms in total. The van der Waals surface area contributed by atoms with Crippen LogP contribution in [0, 0.1) is 11.8 Å². The molecule has 1 aromatic rings. The lowest BCUT2D eigenvalue weighted by molar-refractivity contribution is 0.784. The van der Waals surface area contributed by atoms with E-state index in [1.807, 2.05) is 26.2 Å². The summed E-state index contributed by atoms with van der Waals surface area (Å²) in [5.41, 5.74) is 1.22. The Balaban J connectivity index is 0.000000457. The molecule has 0 bridgehead atoms. The van der Waals surface area contributed by atoms with Crippen LogP contribution in [-0.2, 0) is 6.42 Å². The van der Waals surface area contributed by atoms with E-state index in [1.54, 1.807) is 0 Å². The first-order valence-corrected chi connectivity index (χ1v) is 6.42. The summed E-state index contributed by atoms with van der Waals surface area (Å²) in [6, 6.07) is 0. The molecule has 3 rings (SSSR count). The van der Waals surface area contributed by atoms with Crippen LogP contribution in [-0.4, -0.2) is 23.1 Å². The fourth-order valence-electron chi connectivity index (χ4n) is 2.26. The Hall–Kier alpha value is -1.12. The van der Waals surface area contributed by atoms with Crippen molar-refractivity contribution in [2.75, 3.05) is 18.0 Å². The number of nitrogens with zero attached hydrogens (tertiary/aromatic N) is 3. The van der Waals surface area contributed by atoms with Gasteiger partial charge >= 0.3 is 0 Å². The van der Waals surface area contributed by atoms with Gasteiger partial charge in [0, 0.05) is 25.5 Å². The third-order valence-electron chi connectivity index (χ3n) is 3.36. The first-order chi connectivity index (χ1) is 7.86. The molecule has 0 radical (unpaired) electrons. The zero-order chi connectivity index (χ0) is 11.5. The number of aromatic nitrogens is 2. The van der Waals surface area contributed by atoms with Gasteiger partial charge in [-0.3, -0.25) is 0 Å². The van der Waals surface area contributed by atoms with Gasteiger partial charge in [-0.05, 0) is 30.2 Å². The Morgan fingerprint density at radius 3 is 2.25 bits per heavy atom. The van der Waals surface area contributed by atoms with Gasteiger partial charge in [-0.2, -0.15) is 0 Å². The molecule has 0 aromatic carbocycles. The highest BCUT2D eigenvalue weighted by atomic mass is 15.3. The summed E-state index contributed by atoms with van der Waals surface area (Å²) >= 11 is 0. The Morgan fingerprint density at radius 2 is 1.75 bits per heavy atom. The maximum Gasteiger partial charge on any atom is 0.225 e. The first kappa shape index (κ1) is 11.4. The zero-order valence-corrected chi connectivity index (χ0v) is 10.5. The minimum Gasteiger partial charge on any atom is -0.340 e. The van der Waals surface area contributed by atoms with Crippen molar-refractivity contribution in [3.8, 4) is 0 Å². The second kappa shape index (κ2) is 4.81. The average molecular weight is 219 g/mol. The first-order valence-electron chi connectivity index (χ1n) is 6.42. The topological polar surface area (TPSA) is 29.0 Å². The van der Waals surface area contributed by atoms with Crippen molar-refractivity contribution in [1.82, 2.24) is 9.97 Å². The molecule has 2 aliphatic rings. The predicted octanol–water partition coefficient (Wildman–Crippen LogP) is 2.52. The van der Waals surface area contributed by atoms with E-state index in [2.05, 4.69) is 21.8 Å². The van der Waals surface area contributed by atoms with E-state index >= 15 is 0 Å². The van der Waals surface area contributed by atoms with E-state index in [1.165, 1.54) is 25.1 Å². The summed E-state index contributed by atoms with van der Waals surface area (Å²) in [6.45, 7) is 8.48. The lowest BCUT2D eigenvalue weighted by Crippen LogP contribution is -2.23. The van der Waals surface area contributed by atoms with Gasteiger partial charge in [-0.25, -0.2) is 9.97 Å². The van der Waals surface area contributed by atoms with Crippen LogP contribution in [0.4, 0.5) is 5.95 Å². The van der Waals surface area contributed by atoms with Crippen LogP contribution in [0.2, 0.25) is 0 Å². The number of anilines is 1. The van der Waals surface area contributed by atoms with Crippen LogP contribution in [0.3, 0.4) is 0 Å². The van der Waals surface area contributed by atoms with E-state index in [9.17, 15) is 0 Å². The smallest absolute Gasteiger partial charge is 0.225 e. The van der Waals surface area contributed by atoms with Crippen LogP contribution in [0.15, 0.2) is 12.4 Å². The molecule has 88 valence electrons. The number of aryl methyl sites for hydroxylation is 1. The molecular formula is C13H21N3. The second-order valence-electron chi connectivity index (χ2n) is 4.41. The minimum absolute atomic E-state index is 0.925. The van der Waals surface area contributed by atoms with E-state index in [-0.39, 0.29) is 0 Å². The van der Waals surface area contributed by atoms with Crippen molar-refractivity contribution in [3.63, 3.8) is 0 Å². The maximum absolute atomic E-state index is 4.40. The lowest BCUT2D eigenvalue weighted by atomic mass is 10.3. The Morgan fingerprint density at radius 1 is 1.19 bits per heavy atom. The molecule has 1 aliphatic heterocycles. The van der Waals surface area contributed by atoms with Gasteiger partial charge in [0.25, 0.3) is 0 Å². The molecule has 3 heteroatoms. The molecular weight excluding hydrogens is 198 g/mol. The van der Waals surface area contributed by atoms with Gasteiger partial charge in [0.05, 0.1) is 0 Å². The van der Waals surface area contributed by atoms with Gasteiger partial charge in [-0.1, -0.05) is 20.8 Å². The number of piperidine rings is 1. The standard InChI is InChI=1S/C11H15N3.C2H6/c1-2-8-4-12-11(13-5-8)14-6-9-3-10(9)7-14;1-2/h4-5,9-10H,2-3,6-7H2,1H3;1-2H3/t9-,10?;/m1./s1. The Bertz CT molecular complexity index is 324. The van der Waals surface area contributed by atoms with Gasteiger partial charge in [0.1, 0.15) is 0 Å². The van der Waals surface area contributed by atoms with Gasteiger partial charge in [-0.15, -0.1) is 0 Å². The van der Waals surface area contributed by atoms with Crippen molar-refractivity contribution in [2.45, 2.75) is 33.6 Å². The third-order valence-corrected chi connectivity index (χ3v) is 3.36. The monoisotopic (exact) mass is 219 g/mol. The summed E-state index contributed by atoms with van der Waals surface area (Å²) in [6.07, 6.45) is 6.35. The fraction of sp³-hybridized carbons (Fsp3) is 0.692. The van der Waals surface area contributed by atoms with Gasteiger partial charge in [0.2, 0.25) is 5.95 Å². The van der Waals surface area contributed by atoms with Crippen LogP contribution < -0.4 is 4.90 Å². The number of hydrogen-bond acceptors (Lipinski definition) is 3. The highest BCUT2D eigenvalue weighted by molar-refractivity contribution is 5.34. The molecule has 0 N–H and O–H groups in total. The van der Waals surface area contributed by atoms with E-state index in [0.717, 1.165) is 24.2 Å². The van der Waals surface area contributed by atoms with Crippen molar-refractivity contribution in [2.24, 2.45) is 11.8 Å². The van der Waals surface area contributed by atoms with Crippen LogP contribution in [0.5, 0.6) is 0 Å². The number of rotatable bonds is 2. The van der Waals surface area contributed by atoms with E-state index in [4.69, 9.17) is 0 Å². The Kier molecular flexibility index (Phi) is 3.42. The summed E-state index contributed by atoms with van der Waals surface area (Å²) in [5, 5.41) is 0. The Labute approximate surface area is 97.9 Å². The van der Waals surface area contributed by atoms with Crippen molar-refractivity contribution < 1.29 is 0 Å². The van der Waals surface area contributed by atoms with Crippen molar-refractivity contribution >= 4 is 5.95 Å². The number of fused-ring (bicyclic) bond motifs is 1. The zero-order valence-electron chi connectivity index (χ0n) is 10.5. The van der Waals surface area contributed by atoms with Gasteiger partial charge in [0.15, 0.2) is 0 Å². The molecule has 0 amide bonds. The van der Waals surface area contributed by atoms with Crippen molar-refractivity contribution in [3.05, 3.63) is 18.0 Å². The molecule has 16 heavy (non-hydrogen) atoms. The average Bonchev–Trinajstić information content (AvgIpc) is 2.99. The third kappa shape index (κ3) is 2.18. The molecule has 2 heterocycles. The summed E-state index contributed by atoms with van der Waals surface area (Å²) in [4.78, 5) is 11.1. The minimum atomic E-state index is 0.925. The van der Waals surface area contributed by atoms with E-state index in [0.29, 0.717) is 0 Å². The normalized spacial score (nSPS) is 25.8. The maximum atomic E-state index is 4.40. The summed E-state index contributed by atoms with van der Waals surface area (Å²) in [7, 11) is 0. The molecule has 0 spiro atoms. The lowest BCUT2D eigenvalue weighted by Gasteiger charge is -2.17. The van der Waals surface area contributed by atoms with Crippen LogP contribution in [0.1, 0.15) is 32.8 Å². The molecule has 1 aliphatic carbocycles.